The van der Waals surface area contributed by atoms with E-state index in [4.69, 9.17) is 0 Å². The van der Waals surface area contributed by atoms with Crippen LogP contribution in [0.1, 0.15) is 20.3 Å². The van der Waals surface area contributed by atoms with Crippen LogP contribution in [0.5, 0.6) is 0 Å². The smallest absolute Gasteiger partial charge is 0.224 e. The van der Waals surface area contributed by atoms with Gasteiger partial charge in [0.15, 0.2) is 0 Å². The molecule has 0 spiro atoms. The first-order valence-electron chi connectivity index (χ1n) is 4.82. The number of nitrogens with zero attached hydrogens (tertiary/aromatic N) is 1. The SMILES string of the molecule is CC1=C(C)C2SCCC(=O)N(C)C2S1. The molecule has 2 aliphatic rings. The van der Waals surface area contributed by atoms with Crippen LogP contribution in [0.2, 0.25) is 0 Å². The van der Waals surface area contributed by atoms with Crippen LogP contribution in [0.3, 0.4) is 0 Å². The van der Waals surface area contributed by atoms with Crippen molar-refractivity contribution in [2.75, 3.05) is 12.8 Å². The lowest BCUT2D eigenvalue weighted by Crippen LogP contribution is -2.37. The number of hydrogen-bond donors (Lipinski definition) is 0. The molecular formula is C10H15NOS2. The number of hydrogen-bond acceptors (Lipinski definition) is 3. The molecule has 1 fully saturated rings. The van der Waals surface area contributed by atoms with E-state index in [2.05, 4.69) is 13.8 Å². The third-order valence-electron chi connectivity index (χ3n) is 2.93. The van der Waals surface area contributed by atoms with Gasteiger partial charge in [-0.15, -0.1) is 11.8 Å². The van der Waals surface area contributed by atoms with Crippen LogP contribution in [-0.4, -0.2) is 34.2 Å². The molecule has 1 amide bonds. The Kier molecular flexibility index (Phi) is 2.84. The minimum Gasteiger partial charge on any atom is -0.332 e. The van der Waals surface area contributed by atoms with E-state index in [1.165, 1.54) is 10.5 Å². The van der Waals surface area contributed by atoms with E-state index in [0.29, 0.717) is 23.0 Å². The molecule has 0 aromatic heterocycles. The number of rotatable bonds is 0. The molecule has 14 heavy (non-hydrogen) atoms. The van der Waals surface area contributed by atoms with Crippen molar-refractivity contribution < 1.29 is 4.79 Å². The maximum Gasteiger partial charge on any atom is 0.224 e. The lowest BCUT2D eigenvalue weighted by atomic mass is 10.2. The fraction of sp³-hybridized carbons (Fsp3) is 0.700. The van der Waals surface area contributed by atoms with Gasteiger partial charge in [0.25, 0.3) is 0 Å². The third-order valence-corrected chi connectivity index (χ3v) is 6.02. The second kappa shape index (κ2) is 3.81. The third kappa shape index (κ3) is 1.58. The fourth-order valence-corrected chi connectivity index (χ4v) is 4.91. The van der Waals surface area contributed by atoms with Gasteiger partial charge in [0.05, 0.1) is 10.6 Å². The van der Waals surface area contributed by atoms with Crippen LogP contribution in [0.4, 0.5) is 0 Å². The molecule has 2 atom stereocenters. The molecule has 0 aromatic rings. The minimum absolute atomic E-state index is 0.292. The summed E-state index contributed by atoms with van der Waals surface area (Å²) in [6.07, 6.45) is 0.695. The van der Waals surface area contributed by atoms with Gasteiger partial charge in [-0.3, -0.25) is 4.79 Å². The highest BCUT2D eigenvalue weighted by molar-refractivity contribution is 8.07. The second-order valence-corrected chi connectivity index (χ2v) is 6.37. The highest BCUT2D eigenvalue weighted by Gasteiger charge is 2.38. The Bertz CT molecular complexity index is 300. The summed E-state index contributed by atoms with van der Waals surface area (Å²) in [6, 6.07) is 0. The Balaban J connectivity index is 2.25. The zero-order chi connectivity index (χ0) is 10.3. The van der Waals surface area contributed by atoms with E-state index in [1.807, 2.05) is 35.5 Å². The normalized spacial score (nSPS) is 33.4. The lowest BCUT2D eigenvalue weighted by molar-refractivity contribution is -0.129. The number of thioether (sulfide) groups is 2. The number of allylic oxidation sites excluding steroid dienone is 1. The highest BCUT2D eigenvalue weighted by Crippen LogP contribution is 2.46. The number of carbonyl (C=O) groups is 1. The first kappa shape index (κ1) is 10.4. The van der Waals surface area contributed by atoms with Crippen molar-refractivity contribution in [3.8, 4) is 0 Å². The summed E-state index contributed by atoms with van der Waals surface area (Å²) < 4.78 is 0. The molecule has 0 N–H and O–H groups in total. The lowest BCUT2D eigenvalue weighted by Gasteiger charge is -2.26. The summed E-state index contributed by atoms with van der Waals surface area (Å²) in [5, 5.41) is 0.867. The van der Waals surface area contributed by atoms with Crippen LogP contribution in [0.15, 0.2) is 10.5 Å². The molecule has 4 heteroatoms. The number of carbonyl (C=O) groups excluding carboxylic acids is 1. The van der Waals surface area contributed by atoms with Gasteiger partial charge in [-0.2, -0.15) is 11.8 Å². The van der Waals surface area contributed by atoms with Crippen molar-refractivity contribution in [3.05, 3.63) is 10.5 Å². The highest BCUT2D eigenvalue weighted by atomic mass is 32.2. The largest absolute Gasteiger partial charge is 0.332 e. The Hall–Kier alpha value is -0.0900. The average molecular weight is 229 g/mol. The van der Waals surface area contributed by atoms with Gasteiger partial charge >= 0.3 is 0 Å². The molecule has 78 valence electrons. The maximum absolute atomic E-state index is 11.7. The first-order chi connectivity index (χ1) is 6.61. The van der Waals surface area contributed by atoms with Crippen LogP contribution >= 0.6 is 23.5 Å². The topological polar surface area (TPSA) is 20.3 Å². The number of fused-ring (bicyclic) bond motifs is 1. The van der Waals surface area contributed by atoms with E-state index in [1.54, 1.807) is 0 Å². The van der Waals surface area contributed by atoms with Crippen LogP contribution in [-0.2, 0) is 4.79 Å². The van der Waals surface area contributed by atoms with E-state index in [-0.39, 0.29) is 0 Å². The second-order valence-electron chi connectivity index (χ2n) is 3.79. The molecule has 0 aromatic carbocycles. The van der Waals surface area contributed by atoms with Crippen LogP contribution < -0.4 is 0 Å². The van der Waals surface area contributed by atoms with E-state index in [0.717, 1.165) is 5.75 Å². The summed E-state index contributed by atoms with van der Waals surface area (Å²) in [7, 11) is 1.94. The maximum atomic E-state index is 11.7. The Labute approximate surface area is 93.5 Å². The summed E-state index contributed by atoms with van der Waals surface area (Å²) in [5.41, 5.74) is 1.46. The van der Waals surface area contributed by atoms with Crippen molar-refractivity contribution in [2.24, 2.45) is 0 Å². The molecule has 2 rings (SSSR count). The van der Waals surface area contributed by atoms with Gasteiger partial charge < -0.3 is 4.90 Å². The monoisotopic (exact) mass is 229 g/mol. The molecule has 0 radical (unpaired) electrons. The molecule has 0 aliphatic carbocycles. The molecule has 0 bridgehead atoms. The summed E-state index contributed by atoms with van der Waals surface area (Å²) in [6.45, 7) is 4.36. The quantitative estimate of drug-likeness (QED) is 0.636. The van der Waals surface area contributed by atoms with Crippen molar-refractivity contribution in [1.82, 2.24) is 4.90 Å². The van der Waals surface area contributed by atoms with Crippen molar-refractivity contribution in [3.63, 3.8) is 0 Å². The molecule has 2 nitrogen and oxygen atoms in total. The minimum atomic E-state index is 0.292. The zero-order valence-corrected chi connectivity index (χ0v) is 10.4. The molecule has 2 unspecified atom stereocenters. The predicted octanol–water partition coefficient (Wildman–Crippen LogP) is 2.32. The van der Waals surface area contributed by atoms with Crippen LogP contribution in [0, 0.1) is 0 Å². The van der Waals surface area contributed by atoms with Crippen LogP contribution in [0.25, 0.3) is 0 Å². The van der Waals surface area contributed by atoms with Gasteiger partial charge in [-0.1, -0.05) is 0 Å². The summed E-state index contributed by atoms with van der Waals surface area (Å²) in [4.78, 5) is 15.0. The van der Waals surface area contributed by atoms with Gasteiger partial charge in [-0.25, -0.2) is 0 Å². The number of amides is 1. The Morgan fingerprint density at radius 2 is 2.14 bits per heavy atom. The summed E-state index contributed by atoms with van der Waals surface area (Å²) >= 11 is 3.78. The van der Waals surface area contributed by atoms with E-state index >= 15 is 0 Å². The average Bonchev–Trinajstić information content (AvgIpc) is 2.35. The zero-order valence-electron chi connectivity index (χ0n) is 8.74. The van der Waals surface area contributed by atoms with Gasteiger partial charge in [0.1, 0.15) is 0 Å². The van der Waals surface area contributed by atoms with Crippen molar-refractivity contribution in [2.45, 2.75) is 30.9 Å². The van der Waals surface area contributed by atoms with Crippen molar-refractivity contribution in [1.29, 1.82) is 0 Å². The Morgan fingerprint density at radius 1 is 1.43 bits per heavy atom. The molecular weight excluding hydrogens is 214 g/mol. The van der Waals surface area contributed by atoms with Gasteiger partial charge in [0.2, 0.25) is 5.91 Å². The van der Waals surface area contributed by atoms with Gasteiger partial charge in [0, 0.05) is 19.2 Å². The van der Waals surface area contributed by atoms with Gasteiger partial charge in [-0.05, 0) is 24.3 Å². The van der Waals surface area contributed by atoms with E-state index < -0.39 is 0 Å². The Morgan fingerprint density at radius 3 is 2.86 bits per heavy atom. The predicted molar refractivity (Wildman–Crippen MR) is 63.4 cm³/mol. The van der Waals surface area contributed by atoms with E-state index in [9.17, 15) is 4.79 Å². The molecule has 1 saturated heterocycles. The molecule has 2 heterocycles. The standard InChI is InChI=1S/C10H15NOS2/c1-6-7(2)14-10-9(6)13-5-4-8(12)11(10)3/h9-10H,4-5H2,1-3H3. The summed E-state index contributed by atoms with van der Waals surface area (Å²) in [5.74, 6) is 1.26. The molecule has 2 aliphatic heterocycles. The van der Waals surface area contributed by atoms with Crippen molar-refractivity contribution >= 4 is 29.4 Å². The molecule has 0 saturated carbocycles. The first-order valence-corrected chi connectivity index (χ1v) is 6.75. The fourth-order valence-electron chi connectivity index (χ4n) is 1.83.